The first-order valence-corrected chi connectivity index (χ1v) is 8.38. The maximum absolute atomic E-state index is 9.68. The fraction of sp³-hybridized carbons (Fsp3) is 0.769. The lowest BCUT2D eigenvalue weighted by atomic mass is 9.82. The van der Waals surface area contributed by atoms with Crippen molar-refractivity contribution in [1.29, 1.82) is 0 Å². The Kier molecular flexibility index (Phi) is 5.06. The van der Waals surface area contributed by atoms with Gasteiger partial charge in [-0.3, -0.25) is 0 Å². The van der Waals surface area contributed by atoms with Gasteiger partial charge in [-0.25, -0.2) is 4.98 Å². The fourth-order valence-corrected chi connectivity index (χ4v) is 5.14. The number of nitrogens with one attached hydrogen (secondary N) is 1. The van der Waals surface area contributed by atoms with Crippen LogP contribution in [-0.4, -0.2) is 34.0 Å². The Hall–Kier alpha value is -0.100. The Bertz CT molecular complexity index is 379. The number of likely N-dealkylation sites (N-methyl/N-ethyl adjacent to an activating group) is 1. The van der Waals surface area contributed by atoms with E-state index in [4.69, 9.17) is 0 Å². The summed E-state index contributed by atoms with van der Waals surface area (Å²) in [5.74, 6) is 0. The highest BCUT2D eigenvalue weighted by Gasteiger charge is 2.35. The molecule has 0 aromatic carbocycles. The quantitative estimate of drug-likeness (QED) is 0.873. The summed E-state index contributed by atoms with van der Waals surface area (Å²) in [5.41, 5.74) is 1.05. The summed E-state index contributed by atoms with van der Waals surface area (Å²) in [6.45, 7) is 5.32. The first-order valence-electron chi connectivity index (χ1n) is 6.62. The first kappa shape index (κ1) is 14.3. The maximum Gasteiger partial charge on any atom is 0.150 e. The van der Waals surface area contributed by atoms with E-state index in [1.807, 2.05) is 18.7 Å². The zero-order valence-electron chi connectivity index (χ0n) is 11.1. The average molecular weight is 286 g/mol. The highest BCUT2D eigenvalue weighted by molar-refractivity contribution is 8.01. The smallest absolute Gasteiger partial charge is 0.150 e. The highest BCUT2D eigenvalue weighted by atomic mass is 32.2. The molecule has 3 nitrogen and oxygen atoms in total. The molecule has 1 heterocycles. The van der Waals surface area contributed by atoms with Crippen molar-refractivity contribution >= 4 is 23.1 Å². The number of rotatable bonds is 5. The molecule has 0 saturated heterocycles. The number of thiazole rings is 1. The van der Waals surface area contributed by atoms with Crippen LogP contribution in [0.15, 0.2) is 9.72 Å². The molecule has 1 aliphatic rings. The van der Waals surface area contributed by atoms with Crippen molar-refractivity contribution in [2.75, 3.05) is 13.2 Å². The van der Waals surface area contributed by atoms with Crippen molar-refractivity contribution < 1.29 is 5.11 Å². The zero-order chi connectivity index (χ0) is 13.0. The number of aliphatic hydroxyl groups is 1. The van der Waals surface area contributed by atoms with Gasteiger partial charge in [0.1, 0.15) is 4.34 Å². The van der Waals surface area contributed by atoms with Crippen LogP contribution in [0.4, 0.5) is 0 Å². The van der Waals surface area contributed by atoms with Crippen molar-refractivity contribution in [3.05, 3.63) is 11.1 Å². The van der Waals surface area contributed by atoms with Gasteiger partial charge in [0.2, 0.25) is 0 Å². The molecule has 102 valence electrons. The van der Waals surface area contributed by atoms with Gasteiger partial charge in [0.25, 0.3) is 0 Å². The van der Waals surface area contributed by atoms with E-state index in [1.54, 1.807) is 11.3 Å². The van der Waals surface area contributed by atoms with E-state index in [1.165, 1.54) is 17.2 Å². The summed E-state index contributed by atoms with van der Waals surface area (Å²) < 4.78 is 1.17. The molecule has 0 aliphatic heterocycles. The van der Waals surface area contributed by atoms with Crippen LogP contribution in [0.3, 0.4) is 0 Å². The molecular weight excluding hydrogens is 264 g/mol. The molecule has 2 N–H and O–H groups in total. The van der Waals surface area contributed by atoms with Gasteiger partial charge in [-0.1, -0.05) is 25.1 Å². The van der Waals surface area contributed by atoms with Gasteiger partial charge < -0.3 is 10.4 Å². The third kappa shape index (κ3) is 3.47. The second kappa shape index (κ2) is 6.37. The Morgan fingerprint density at radius 3 is 3.11 bits per heavy atom. The lowest BCUT2D eigenvalue weighted by molar-refractivity contribution is 0.125. The third-order valence-corrected chi connectivity index (χ3v) is 5.88. The predicted molar refractivity (Wildman–Crippen MR) is 78.5 cm³/mol. The van der Waals surface area contributed by atoms with Gasteiger partial charge in [0.05, 0.1) is 6.61 Å². The molecule has 2 rings (SSSR count). The summed E-state index contributed by atoms with van der Waals surface area (Å²) >= 11 is 3.62. The van der Waals surface area contributed by atoms with E-state index < -0.39 is 0 Å². The number of hydrogen-bond donors (Lipinski definition) is 2. The topological polar surface area (TPSA) is 45.1 Å². The Balaban J connectivity index is 1.97. The van der Waals surface area contributed by atoms with Crippen LogP contribution < -0.4 is 5.32 Å². The second-order valence-corrected chi connectivity index (χ2v) is 7.47. The van der Waals surface area contributed by atoms with Crippen LogP contribution in [0.5, 0.6) is 0 Å². The summed E-state index contributed by atoms with van der Waals surface area (Å²) in [5, 5.41) is 15.8. The van der Waals surface area contributed by atoms with Gasteiger partial charge in [0.15, 0.2) is 0 Å². The number of nitrogens with zero attached hydrogens (tertiary/aromatic N) is 1. The summed E-state index contributed by atoms with van der Waals surface area (Å²) in [4.78, 5) is 4.52. The van der Waals surface area contributed by atoms with Crippen molar-refractivity contribution in [2.45, 2.75) is 54.7 Å². The van der Waals surface area contributed by atoms with Gasteiger partial charge in [-0.15, -0.1) is 11.3 Å². The lowest BCUT2D eigenvalue weighted by Gasteiger charge is -2.40. The molecule has 1 aliphatic carbocycles. The number of aliphatic hydroxyl groups excluding tert-OH is 1. The van der Waals surface area contributed by atoms with Gasteiger partial charge in [-0.2, -0.15) is 0 Å². The molecule has 1 aromatic rings. The van der Waals surface area contributed by atoms with E-state index in [9.17, 15) is 5.11 Å². The Morgan fingerprint density at radius 1 is 1.67 bits per heavy atom. The van der Waals surface area contributed by atoms with Gasteiger partial charge in [-0.05, 0) is 32.7 Å². The molecule has 1 fully saturated rings. The van der Waals surface area contributed by atoms with E-state index in [2.05, 4.69) is 22.6 Å². The molecule has 0 radical (unpaired) electrons. The van der Waals surface area contributed by atoms with Crippen LogP contribution in [0.2, 0.25) is 0 Å². The molecular formula is C13H22N2OS2. The molecule has 1 saturated carbocycles. The van der Waals surface area contributed by atoms with E-state index in [0.717, 1.165) is 25.1 Å². The molecule has 18 heavy (non-hydrogen) atoms. The van der Waals surface area contributed by atoms with Crippen LogP contribution in [0, 0.1) is 6.92 Å². The number of aryl methyl sites for hydroxylation is 1. The molecule has 2 atom stereocenters. The van der Waals surface area contributed by atoms with Gasteiger partial charge in [0, 0.05) is 21.9 Å². The van der Waals surface area contributed by atoms with Crippen LogP contribution in [0.1, 0.15) is 38.3 Å². The minimum absolute atomic E-state index is 0.0586. The molecule has 0 amide bonds. The largest absolute Gasteiger partial charge is 0.394 e. The fourth-order valence-electron chi connectivity index (χ4n) is 2.67. The monoisotopic (exact) mass is 286 g/mol. The third-order valence-electron chi connectivity index (χ3n) is 3.52. The summed E-state index contributed by atoms with van der Waals surface area (Å²) in [6.07, 6.45) is 4.55. The van der Waals surface area contributed by atoms with E-state index >= 15 is 0 Å². The number of aromatic nitrogens is 1. The van der Waals surface area contributed by atoms with Crippen molar-refractivity contribution in [3.63, 3.8) is 0 Å². The maximum atomic E-state index is 9.68. The SMILES string of the molecule is CCNC1(CO)CCCC(Sc2nc(C)cs2)C1. The Morgan fingerprint density at radius 2 is 2.50 bits per heavy atom. The van der Waals surface area contributed by atoms with Gasteiger partial charge >= 0.3 is 0 Å². The summed E-state index contributed by atoms with van der Waals surface area (Å²) in [7, 11) is 0. The molecule has 0 bridgehead atoms. The van der Waals surface area contributed by atoms with Crippen molar-refractivity contribution in [1.82, 2.24) is 10.3 Å². The highest BCUT2D eigenvalue weighted by Crippen LogP contribution is 2.39. The molecule has 5 heteroatoms. The number of hydrogen-bond acceptors (Lipinski definition) is 5. The minimum atomic E-state index is -0.0586. The van der Waals surface area contributed by atoms with Crippen molar-refractivity contribution in [2.24, 2.45) is 0 Å². The zero-order valence-corrected chi connectivity index (χ0v) is 12.7. The van der Waals surface area contributed by atoms with E-state index in [0.29, 0.717) is 5.25 Å². The predicted octanol–water partition coefficient (Wildman–Crippen LogP) is 2.83. The molecule has 0 spiro atoms. The van der Waals surface area contributed by atoms with Crippen LogP contribution in [0.25, 0.3) is 0 Å². The number of thioether (sulfide) groups is 1. The average Bonchev–Trinajstić information content (AvgIpc) is 2.75. The van der Waals surface area contributed by atoms with Crippen LogP contribution >= 0.6 is 23.1 Å². The Labute approximate surface area is 117 Å². The van der Waals surface area contributed by atoms with E-state index in [-0.39, 0.29) is 12.1 Å². The second-order valence-electron chi connectivity index (χ2n) is 5.06. The molecule has 2 unspecified atom stereocenters. The standard InChI is InChI=1S/C13H22N2OS2/c1-3-14-13(9-16)6-4-5-11(7-13)18-12-15-10(2)8-17-12/h8,11,14,16H,3-7,9H2,1-2H3. The first-order chi connectivity index (χ1) is 8.67. The van der Waals surface area contributed by atoms with Crippen molar-refractivity contribution in [3.8, 4) is 0 Å². The minimum Gasteiger partial charge on any atom is -0.394 e. The normalized spacial score (nSPS) is 28.5. The van der Waals surface area contributed by atoms with Crippen LogP contribution in [-0.2, 0) is 0 Å². The lowest BCUT2D eigenvalue weighted by Crippen LogP contribution is -2.52. The summed E-state index contributed by atoms with van der Waals surface area (Å²) in [6, 6.07) is 0. The molecule has 1 aromatic heterocycles.